The van der Waals surface area contributed by atoms with Gasteiger partial charge >= 0.3 is 0 Å². The minimum atomic E-state index is -0.173. The Kier molecular flexibility index (Phi) is 3.50. The maximum atomic E-state index is 12.3. The standard InChI is InChI=1S/C17H19NO2/c1-11-4-5-16(12(7-11)3-2-6-19)18-17(20)15-9-13-8-14(13)10-15/h4-5,7,13-15,19H,6,8-10H2,1H3,(H,18,20). The van der Waals surface area contributed by atoms with Crippen LogP contribution >= 0.6 is 0 Å². The number of hydrogen-bond donors (Lipinski definition) is 2. The SMILES string of the molecule is Cc1ccc(NC(=O)C2CC3CC3C2)c(C#CCO)c1. The van der Waals surface area contributed by atoms with Crippen LogP contribution in [0.3, 0.4) is 0 Å². The minimum Gasteiger partial charge on any atom is -0.384 e. The van der Waals surface area contributed by atoms with Gasteiger partial charge in [0.2, 0.25) is 5.91 Å². The van der Waals surface area contributed by atoms with E-state index in [1.54, 1.807) is 0 Å². The van der Waals surface area contributed by atoms with E-state index in [4.69, 9.17) is 5.11 Å². The Balaban J connectivity index is 1.74. The van der Waals surface area contributed by atoms with Gasteiger partial charge in [0, 0.05) is 11.5 Å². The van der Waals surface area contributed by atoms with E-state index in [0.717, 1.165) is 41.5 Å². The van der Waals surface area contributed by atoms with Gasteiger partial charge in [-0.1, -0.05) is 17.9 Å². The van der Waals surface area contributed by atoms with Gasteiger partial charge in [0.05, 0.1) is 5.69 Å². The summed E-state index contributed by atoms with van der Waals surface area (Å²) in [5.41, 5.74) is 2.62. The lowest BCUT2D eigenvalue weighted by Gasteiger charge is -2.14. The Hall–Kier alpha value is -1.79. The third-order valence-corrected chi connectivity index (χ3v) is 4.35. The van der Waals surface area contributed by atoms with E-state index in [0.29, 0.717) is 0 Å². The second-order valence-electron chi connectivity index (χ2n) is 5.92. The van der Waals surface area contributed by atoms with Gasteiger partial charge in [-0.05, 0) is 55.7 Å². The van der Waals surface area contributed by atoms with Gasteiger partial charge in [-0.3, -0.25) is 4.79 Å². The van der Waals surface area contributed by atoms with Gasteiger partial charge in [0.1, 0.15) is 6.61 Å². The van der Waals surface area contributed by atoms with Crippen molar-refractivity contribution < 1.29 is 9.90 Å². The normalized spacial score (nSPS) is 26.4. The average molecular weight is 269 g/mol. The van der Waals surface area contributed by atoms with E-state index >= 15 is 0 Å². The Labute approximate surface area is 119 Å². The van der Waals surface area contributed by atoms with Gasteiger partial charge in [-0.15, -0.1) is 0 Å². The van der Waals surface area contributed by atoms with Crippen LogP contribution in [0.2, 0.25) is 0 Å². The van der Waals surface area contributed by atoms with E-state index < -0.39 is 0 Å². The molecule has 2 aliphatic rings. The van der Waals surface area contributed by atoms with E-state index in [1.165, 1.54) is 6.42 Å². The van der Waals surface area contributed by atoms with Crippen molar-refractivity contribution in [2.24, 2.45) is 17.8 Å². The zero-order chi connectivity index (χ0) is 14.1. The molecule has 3 rings (SSSR count). The van der Waals surface area contributed by atoms with Crippen LogP contribution in [0.25, 0.3) is 0 Å². The topological polar surface area (TPSA) is 49.3 Å². The maximum Gasteiger partial charge on any atom is 0.227 e. The molecule has 2 fully saturated rings. The summed E-state index contributed by atoms with van der Waals surface area (Å²) in [5, 5.41) is 11.8. The van der Waals surface area contributed by atoms with Crippen molar-refractivity contribution in [3.63, 3.8) is 0 Å². The van der Waals surface area contributed by atoms with Crippen LogP contribution < -0.4 is 5.32 Å². The molecule has 3 nitrogen and oxygen atoms in total. The summed E-state index contributed by atoms with van der Waals surface area (Å²) in [4.78, 5) is 12.3. The molecule has 2 unspecified atom stereocenters. The molecule has 1 amide bonds. The molecule has 20 heavy (non-hydrogen) atoms. The van der Waals surface area contributed by atoms with Crippen molar-refractivity contribution >= 4 is 11.6 Å². The van der Waals surface area contributed by atoms with Crippen molar-refractivity contribution in [2.45, 2.75) is 26.2 Å². The van der Waals surface area contributed by atoms with Crippen LogP contribution in [0.15, 0.2) is 18.2 Å². The molecule has 104 valence electrons. The summed E-state index contributed by atoms with van der Waals surface area (Å²) in [6.07, 6.45) is 3.40. The fraction of sp³-hybridized carbons (Fsp3) is 0.471. The van der Waals surface area contributed by atoms with Crippen LogP contribution in [-0.4, -0.2) is 17.6 Å². The number of rotatable bonds is 2. The second kappa shape index (κ2) is 5.30. The molecule has 1 aromatic rings. The molecule has 0 aliphatic heterocycles. The number of benzene rings is 1. The van der Waals surface area contributed by atoms with Crippen LogP contribution in [0, 0.1) is 36.5 Å². The van der Waals surface area contributed by atoms with Crippen molar-refractivity contribution in [2.75, 3.05) is 11.9 Å². The number of amides is 1. The summed E-state index contributed by atoms with van der Waals surface area (Å²) in [7, 11) is 0. The maximum absolute atomic E-state index is 12.3. The first kappa shape index (κ1) is 13.2. The number of nitrogens with one attached hydrogen (secondary N) is 1. The van der Waals surface area contributed by atoms with E-state index in [1.807, 2.05) is 25.1 Å². The fourth-order valence-corrected chi connectivity index (χ4v) is 3.17. The highest BCUT2D eigenvalue weighted by Gasteiger charge is 2.47. The number of carbonyl (C=O) groups is 1. The van der Waals surface area contributed by atoms with Crippen LogP contribution in [0.4, 0.5) is 5.69 Å². The first-order valence-electron chi connectivity index (χ1n) is 7.18. The van der Waals surface area contributed by atoms with Crippen molar-refractivity contribution in [3.05, 3.63) is 29.3 Å². The van der Waals surface area contributed by atoms with Crippen molar-refractivity contribution in [3.8, 4) is 11.8 Å². The lowest BCUT2D eigenvalue weighted by atomic mass is 10.0. The zero-order valence-corrected chi connectivity index (χ0v) is 11.6. The number of aryl methyl sites for hydroxylation is 1. The molecule has 0 saturated heterocycles. The third-order valence-electron chi connectivity index (χ3n) is 4.35. The van der Waals surface area contributed by atoms with Gasteiger partial charge in [0.25, 0.3) is 0 Å². The second-order valence-corrected chi connectivity index (χ2v) is 5.92. The summed E-state index contributed by atoms with van der Waals surface area (Å²) in [5.74, 6) is 7.44. The van der Waals surface area contributed by atoms with Gasteiger partial charge in [-0.25, -0.2) is 0 Å². The van der Waals surface area contributed by atoms with Crippen LogP contribution in [-0.2, 0) is 4.79 Å². The lowest BCUT2D eigenvalue weighted by molar-refractivity contribution is -0.120. The Bertz CT molecular complexity index is 587. The molecule has 2 atom stereocenters. The molecule has 2 saturated carbocycles. The predicted molar refractivity (Wildman–Crippen MR) is 78.1 cm³/mol. The smallest absolute Gasteiger partial charge is 0.227 e. The summed E-state index contributed by atoms with van der Waals surface area (Å²) >= 11 is 0. The molecule has 0 bridgehead atoms. The highest BCUT2D eigenvalue weighted by Crippen LogP contribution is 2.54. The Morgan fingerprint density at radius 1 is 1.35 bits per heavy atom. The molecule has 2 N–H and O–H groups in total. The Morgan fingerprint density at radius 3 is 2.80 bits per heavy atom. The average Bonchev–Trinajstić information content (AvgIpc) is 3.05. The van der Waals surface area contributed by atoms with Crippen molar-refractivity contribution in [1.29, 1.82) is 0 Å². The molecule has 0 aromatic heterocycles. The molecule has 3 heteroatoms. The summed E-state index contributed by atoms with van der Waals surface area (Å²) < 4.78 is 0. The number of aliphatic hydroxyl groups is 1. The Morgan fingerprint density at radius 2 is 2.10 bits per heavy atom. The highest BCUT2D eigenvalue weighted by atomic mass is 16.2. The van der Waals surface area contributed by atoms with Crippen LogP contribution in [0.5, 0.6) is 0 Å². The third kappa shape index (κ3) is 2.71. The number of carbonyl (C=O) groups excluding carboxylic acids is 1. The molecule has 2 aliphatic carbocycles. The molecular weight excluding hydrogens is 250 g/mol. The van der Waals surface area contributed by atoms with Gasteiger partial charge in [0.15, 0.2) is 0 Å². The van der Waals surface area contributed by atoms with E-state index in [9.17, 15) is 4.79 Å². The lowest BCUT2D eigenvalue weighted by Crippen LogP contribution is -2.22. The predicted octanol–water partition coefficient (Wildman–Crippen LogP) is 2.32. The van der Waals surface area contributed by atoms with Crippen LogP contribution in [0.1, 0.15) is 30.4 Å². The number of aliphatic hydroxyl groups excluding tert-OH is 1. The molecular formula is C17H19NO2. The van der Waals surface area contributed by atoms with Gasteiger partial charge < -0.3 is 10.4 Å². The molecule has 1 aromatic carbocycles. The molecule has 0 heterocycles. The molecule has 0 radical (unpaired) electrons. The van der Waals surface area contributed by atoms with Gasteiger partial charge in [-0.2, -0.15) is 0 Å². The molecule has 0 spiro atoms. The van der Waals surface area contributed by atoms with E-state index in [-0.39, 0.29) is 18.4 Å². The fourth-order valence-electron chi connectivity index (χ4n) is 3.17. The van der Waals surface area contributed by atoms with E-state index in [2.05, 4.69) is 17.2 Å². The van der Waals surface area contributed by atoms with Crippen molar-refractivity contribution in [1.82, 2.24) is 0 Å². The monoisotopic (exact) mass is 269 g/mol. The first-order chi connectivity index (χ1) is 9.67. The largest absolute Gasteiger partial charge is 0.384 e. The number of anilines is 1. The first-order valence-corrected chi connectivity index (χ1v) is 7.18. The highest BCUT2D eigenvalue weighted by molar-refractivity contribution is 5.94. The quantitative estimate of drug-likeness (QED) is 0.810. The summed E-state index contributed by atoms with van der Waals surface area (Å²) in [6, 6.07) is 5.79. The summed E-state index contributed by atoms with van der Waals surface area (Å²) in [6.45, 7) is 1.81. The minimum absolute atomic E-state index is 0.119. The zero-order valence-electron chi connectivity index (χ0n) is 11.6. The number of fused-ring (bicyclic) bond motifs is 1. The number of hydrogen-bond acceptors (Lipinski definition) is 2.